The van der Waals surface area contributed by atoms with Gasteiger partial charge in [-0.05, 0) is 20.3 Å². The monoisotopic (exact) mass is 355 g/mol. The van der Waals surface area contributed by atoms with Gasteiger partial charge in [0.25, 0.3) is 0 Å². The Balaban J connectivity index is 0.000000640. The average molecular weight is 355 g/mol. The van der Waals surface area contributed by atoms with Crippen LogP contribution in [0.3, 0.4) is 0 Å². The maximum Gasteiger partial charge on any atom is 0.490 e. The van der Waals surface area contributed by atoms with Gasteiger partial charge < -0.3 is 20.6 Å². The van der Waals surface area contributed by atoms with Gasteiger partial charge in [-0.1, -0.05) is 6.92 Å². The van der Waals surface area contributed by atoms with Gasteiger partial charge in [0, 0.05) is 32.1 Å². The topological polar surface area (TPSA) is 104 Å². The van der Waals surface area contributed by atoms with E-state index in [1.807, 2.05) is 25.7 Å². The molecule has 0 bridgehead atoms. The summed E-state index contributed by atoms with van der Waals surface area (Å²) in [6.45, 7) is 8.57. The molecule has 0 saturated carbocycles. The minimum absolute atomic E-state index is 0.00518. The van der Waals surface area contributed by atoms with Crippen LogP contribution in [0.2, 0.25) is 0 Å². The van der Waals surface area contributed by atoms with E-state index in [1.165, 1.54) is 0 Å². The largest absolute Gasteiger partial charge is 0.490 e. The molecule has 0 aromatic rings. The molecule has 3 atom stereocenters. The third kappa shape index (κ3) is 6.34. The predicted octanol–water partition coefficient (Wildman–Crippen LogP) is 0.825. The standard InChI is InChI=1S/C12H23N3O2.C2HF3O2/c1-5-11(13)12(17)14-6-8(2)15(10(4)16)9(3)7-14;3-2(4,5)1(6)7/h8-9,11H,5-7,13H2,1-4H3;(H,6,7)/t8-,9+,11?;. The van der Waals surface area contributed by atoms with Crippen LogP contribution in [0.4, 0.5) is 13.2 Å². The number of nitrogens with two attached hydrogens (primary N) is 1. The Labute approximate surface area is 138 Å². The van der Waals surface area contributed by atoms with Gasteiger partial charge in [0.05, 0.1) is 6.04 Å². The van der Waals surface area contributed by atoms with E-state index in [0.717, 1.165) is 0 Å². The maximum atomic E-state index is 12.0. The van der Waals surface area contributed by atoms with E-state index in [0.29, 0.717) is 19.5 Å². The number of alkyl halides is 3. The molecular formula is C14H24F3N3O4. The van der Waals surface area contributed by atoms with Gasteiger partial charge in [-0.25, -0.2) is 4.79 Å². The third-order valence-electron chi connectivity index (χ3n) is 3.59. The number of amides is 2. The molecule has 1 rings (SSSR count). The number of halogens is 3. The Hall–Kier alpha value is -1.84. The Kier molecular flexibility index (Phi) is 8.18. The second-order valence-electron chi connectivity index (χ2n) is 5.69. The summed E-state index contributed by atoms with van der Waals surface area (Å²) < 4.78 is 31.7. The molecule has 140 valence electrons. The zero-order valence-electron chi connectivity index (χ0n) is 14.1. The molecule has 0 aromatic heterocycles. The van der Waals surface area contributed by atoms with E-state index in [9.17, 15) is 22.8 Å². The van der Waals surface area contributed by atoms with Gasteiger partial charge >= 0.3 is 12.1 Å². The van der Waals surface area contributed by atoms with Crippen molar-refractivity contribution in [2.75, 3.05) is 13.1 Å². The SMILES string of the molecule is CCC(N)C(=O)N1C[C@@H](C)N(C(C)=O)[C@@H](C)C1.O=C(O)C(F)(F)F. The first-order valence-electron chi connectivity index (χ1n) is 7.46. The van der Waals surface area contributed by atoms with Crippen LogP contribution < -0.4 is 5.73 Å². The van der Waals surface area contributed by atoms with E-state index in [1.54, 1.807) is 11.8 Å². The highest BCUT2D eigenvalue weighted by Crippen LogP contribution is 2.16. The summed E-state index contributed by atoms with van der Waals surface area (Å²) in [5.41, 5.74) is 5.76. The quantitative estimate of drug-likeness (QED) is 0.763. The van der Waals surface area contributed by atoms with Crippen LogP contribution in [-0.4, -0.2) is 70.1 Å². The van der Waals surface area contributed by atoms with Crippen molar-refractivity contribution >= 4 is 17.8 Å². The molecule has 1 saturated heterocycles. The molecule has 3 N–H and O–H groups in total. The van der Waals surface area contributed by atoms with E-state index in [2.05, 4.69) is 0 Å². The maximum absolute atomic E-state index is 12.0. The van der Waals surface area contributed by atoms with Crippen molar-refractivity contribution in [2.24, 2.45) is 5.73 Å². The molecule has 0 aliphatic carbocycles. The Morgan fingerprint density at radius 1 is 1.21 bits per heavy atom. The number of carbonyl (C=O) groups is 3. The minimum Gasteiger partial charge on any atom is -0.475 e. The molecule has 0 radical (unpaired) electrons. The molecule has 1 unspecified atom stereocenters. The summed E-state index contributed by atoms with van der Waals surface area (Å²) in [6.07, 6.45) is -4.44. The van der Waals surface area contributed by atoms with E-state index >= 15 is 0 Å². The number of nitrogens with zero attached hydrogens (tertiary/aromatic N) is 2. The van der Waals surface area contributed by atoms with Crippen LogP contribution in [0.15, 0.2) is 0 Å². The molecule has 7 nitrogen and oxygen atoms in total. The molecule has 0 spiro atoms. The summed E-state index contributed by atoms with van der Waals surface area (Å²) >= 11 is 0. The number of carboxylic acid groups (broad SMARTS) is 1. The zero-order chi connectivity index (χ0) is 19.2. The van der Waals surface area contributed by atoms with Crippen LogP contribution in [0, 0.1) is 0 Å². The lowest BCUT2D eigenvalue weighted by atomic mass is 10.1. The number of hydrogen-bond donors (Lipinski definition) is 2. The smallest absolute Gasteiger partial charge is 0.475 e. The molecule has 0 aromatic carbocycles. The van der Waals surface area contributed by atoms with Crippen molar-refractivity contribution in [1.29, 1.82) is 0 Å². The normalized spacial score (nSPS) is 22.3. The molecule has 10 heteroatoms. The molecule has 1 fully saturated rings. The van der Waals surface area contributed by atoms with Gasteiger partial charge in [0.1, 0.15) is 0 Å². The Morgan fingerprint density at radius 3 is 1.83 bits per heavy atom. The second-order valence-corrected chi connectivity index (χ2v) is 5.69. The highest BCUT2D eigenvalue weighted by Gasteiger charge is 2.38. The van der Waals surface area contributed by atoms with Crippen molar-refractivity contribution in [3.05, 3.63) is 0 Å². The predicted molar refractivity (Wildman–Crippen MR) is 80.0 cm³/mol. The highest BCUT2D eigenvalue weighted by atomic mass is 19.4. The van der Waals surface area contributed by atoms with E-state index < -0.39 is 18.2 Å². The van der Waals surface area contributed by atoms with E-state index in [-0.39, 0.29) is 23.9 Å². The van der Waals surface area contributed by atoms with Crippen molar-refractivity contribution in [3.8, 4) is 0 Å². The van der Waals surface area contributed by atoms with Crippen LogP contribution in [-0.2, 0) is 14.4 Å². The highest BCUT2D eigenvalue weighted by molar-refractivity contribution is 5.82. The molecule has 1 aliphatic heterocycles. The molecule has 24 heavy (non-hydrogen) atoms. The average Bonchev–Trinajstić information content (AvgIpc) is 2.43. The Bertz CT molecular complexity index is 459. The fraction of sp³-hybridized carbons (Fsp3) is 0.786. The van der Waals surface area contributed by atoms with Gasteiger partial charge in [0.2, 0.25) is 11.8 Å². The van der Waals surface area contributed by atoms with Crippen molar-refractivity contribution in [1.82, 2.24) is 9.80 Å². The van der Waals surface area contributed by atoms with Gasteiger partial charge in [-0.2, -0.15) is 13.2 Å². The first-order chi connectivity index (χ1) is 10.8. The second kappa shape index (κ2) is 8.86. The van der Waals surface area contributed by atoms with Gasteiger partial charge in [0.15, 0.2) is 0 Å². The summed E-state index contributed by atoms with van der Waals surface area (Å²) in [5.74, 6) is -2.70. The number of carbonyl (C=O) groups excluding carboxylic acids is 2. The summed E-state index contributed by atoms with van der Waals surface area (Å²) in [5, 5.41) is 7.12. The van der Waals surface area contributed by atoms with Crippen LogP contribution in [0.5, 0.6) is 0 Å². The van der Waals surface area contributed by atoms with Crippen LogP contribution >= 0.6 is 0 Å². The fourth-order valence-corrected chi connectivity index (χ4v) is 2.53. The zero-order valence-corrected chi connectivity index (χ0v) is 14.1. The number of hydrogen-bond acceptors (Lipinski definition) is 4. The summed E-state index contributed by atoms with van der Waals surface area (Å²) in [7, 11) is 0. The number of carboxylic acids is 1. The lowest BCUT2D eigenvalue weighted by Crippen LogP contribution is -2.61. The van der Waals surface area contributed by atoms with Crippen LogP contribution in [0.1, 0.15) is 34.1 Å². The minimum atomic E-state index is -5.08. The van der Waals surface area contributed by atoms with Crippen molar-refractivity contribution < 1.29 is 32.7 Å². The molecule has 1 aliphatic rings. The van der Waals surface area contributed by atoms with Crippen molar-refractivity contribution in [3.63, 3.8) is 0 Å². The first-order valence-corrected chi connectivity index (χ1v) is 7.46. The van der Waals surface area contributed by atoms with Crippen LogP contribution in [0.25, 0.3) is 0 Å². The summed E-state index contributed by atoms with van der Waals surface area (Å²) in [4.78, 5) is 36.0. The van der Waals surface area contributed by atoms with Gasteiger partial charge in [-0.3, -0.25) is 9.59 Å². The van der Waals surface area contributed by atoms with Gasteiger partial charge in [-0.15, -0.1) is 0 Å². The lowest BCUT2D eigenvalue weighted by molar-refractivity contribution is -0.192. The lowest BCUT2D eigenvalue weighted by Gasteiger charge is -2.44. The Morgan fingerprint density at radius 2 is 1.58 bits per heavy atom. The number of rotatable bonds is 2. The third-order valence-corrected chi connectivity index (χ3v) is 3.59. The number of aliphatic carboxylic acids is 1. The fourth-order valence-electron chi connectivity index (χ4n) is 2.53. The molecule has 2 amide bonds. The number of piperazine rings is 1. The van der Waals surface area contributed by atoms with E-state index in [4.69, 9.17) is 15.6 Å². The van der Waals surface area contributed by atoms with Crippen molar-refractivity contribution in [2.45, 2.75) is 58.4 Å². The molecular weight excluding hydrogens is 331 g/mol. The summed E-state index contributed by atoms with van der Waals surface area (Å²) in [6, 6.07) is -0.299. The molecule has 1 heterocycles. The first kappa shape index (κ1) is 22.2.